The summed E-state index contributed by atoms with van der Waals surface area (Å²) in [6.45, 7) is 1.94. The van der Waals surface area contributed by atoms with Gasteiger partial charge < -0.3 is 4.90 Å². The number of Topliss-reactive ketones (excluding diaryl/α,β-unsaturated/α-hetero) is 1. The fraction of sp³-hybridized carbons (Fsp3) is 0.294. The van der Waals surface area contributed by atoms with Crippen LogP contribution in [0, 0.1) is 0 Å². The molecule has 0 aliphatic rings. The third-order valence-electron chi connectivity index (χ3n) is 3.60. The van der Waals surface area contributed by atoms with Gasteiger partial charge in [0.15, 0.2) is 5.78 Å². The van der Waals surface area contributed by atoms with Crippen LogP contribution in [0.25, 0.3) is 0 Å². The Morgan fingerprint density at radius 3 is 2.40 bits per heavy atom. The molecule has 0 fully saturated rings. The summed E-state index contributed by atoms with van der Waals surface area (Å²) in [5.74, 6) is -0.265. The molecule has 1 N–H and O–H groups in total. The summed E-state index contributed by atoms with van der Waals surface area (Å²) in [5.41, 5.74) is 0.448. The zero-order valence-electron chi connectivity index (χ0n) is 14.1. The van der Waals surface area contributed by atoms with Crippen molar-refractivity contribution in [2.24, 2.45) is 0 Å². The first-order valence-electron chi connectivity index (χ1n) is 7.66. The number of benzene rings is 1. The molecule has 1 heterocycles. The highest BCUT2D eigenvalue weighted by atomic mass is 32.2. The molecule has 0 saturated heterocycles. The summed E-state index contributed by atoms with van der Waals surface area (Å²) in [5, 5.41) is 1.94. The van der Waals surface area contributed by atoms with Crippen molar-refractivity contribution in [1.82, 2.24) is 9.62 Å². The van der Waals surface area contributed by atoms with Crippen molar-refractivity contribution < 1.29 is 18.0 Å². The van der Waals surface area contributed by atoms with Gasteiger partial charge in [-0.05, 0) is 30.5 Å². The maximum atomic E-state index is 12.2. The minimum Gasteiger partial charge on any atom is -0.341 e. The molecule has 1 aromatic carbocycles. The average molecular weight is 380 g/mol. The predicted molar refractivity (Wildman–Crippen MR) is 97.0 cm³/mol. The van der Waals surface area contributed by atoms with Gasteiger partial charge in [-0.1, -0.05) is 18.2 Å². The Labute approximate surface area is 151 Å². The summed E-state index contributed by atoms with van der Waals surface area (Å²) < 4.78 is 26.8. The van der Waals surface area contributed by atoms with E-state index in [4.69, 9.17) is 0 Å². The number of carbonyl (C=O) groups excluding carboxylic acids is 2. The van der Waals surface area contributed by atoms with Gasteiger partial charge in [0.25, 0.3) is 0 Å². The zero-order chi connectivity index (χ0) is 18.4. The van der Waals surface area contributed by atoms with Gasteiger partial charge in [0, 0.05) is 30.5 Å². The first-order chi connectivity index (χ1) is 11.8. The molecule has 134 valence electrons. The van der Waals surface area contributed by atoms with E-state index >= 15 is 0 Å². The molecule has 0 saturated carbocycles. The Hall–Kier alpha value is -2.03. The summed E-state index contributed by atoms with van der Waals surface area (Å²) in [6, 6.07) is 9.56. The van der Waals surface area contributed by atoms with Crippen LogP contribution in [-0.2, 0) is 21.4 Å². The SMILES string of the molecule is CC(=O)c1ccc(S(=O)(=O)NCCC(=O)N(C)Cc2cccs2)cc1. The van der Waals surface area contributed by atoms with E-state index in [-0.39, 0.29) is 29.6 Å². The zero-order valence-corrected chi connectivity index (χ0v) is 15.7. The second-order valence-corrected chi connectivity index (χ2v) is 8.36. The van der Waals surface area contributed by atoms with Gasteiger partial charge in [0.2, 0.25) is 15.9 Å². The van der Waals surface area contributed by atoms with Crippen LogP contribution in [0.1, 0.15) is 28.6 Å². The van der Waals surface area contributed by atoms with Crippen molar-refractivity contribution in [2.45, 2.75) is 24.8 Å². The smallest absolute Gasteiger partial charge is 0.240 e. The summed E-state index contributed by atoms with van der Waals surface area (Å²) in [7, 11) is -2.01. The minimum absolute atomic E-state index is 0.0183. The number of thiophene rings is 1. The van der Waals surface area contributed by atoms with E-state index in [1.165, 1.54) is 31.2 Å². The Morgan fingerprint density at radius 1 is 1.16 bits per heavy atom. The normalized spacial score (nSPS) is 11.3. The van der Waals surface area contributed by atoms with Crippen molar-refractivity contribution in [3.8, 4) is 0 Å². The number of hydrogen-bond donors (Lipinski definition) is 1. The molecule has 8 heteroatoms. The molecule has 6 nitrogen and oxygen atoms in total. The number of carbonyl (C=O) groups is 2. The van der Waals surface area contributed by atoms with Crippen LogP contribution in [0.5, 0.6) is 0 Å². The first-order valence-corrected chi connectivity index (χ1v) is 10.0. The number of rotatable bonds is 8. The van der Waals surface area contributed by atoms with E-state index in [1.54, 1.807) is 23.3 Å². The van der Waals surface area contributed by atoms with Crippen molar-refractivity contribution in [1.29, 1.82) is 0 Å². The van der Waals surface area contributed by atoms with E-state index in [1.807, 2.05) is 17.5 Å². The lowest BCUT2D eigenvalue weighted by atomic mass is 10.2. The Bertz CT molecular complexity index is 828. The van der Waals surface area contributed by atoms with Crippen LogP contribution in [0.2, 0.25) is 0 Å². The molecule has 0 unspecified atom stereocenters. The lowest BCUT2D eigenvalue weighted by Crippen LogP contribution is -2.31. The van der Waals surface area contributed by atoms with Crippen LogP contribution in [0.15, 0.2) is 46.7 Å². The molecular weight excluding hydrogens is 360 g/mol. The lowest BCUT2D eigenvalue weighted by Gasteiger charge is -2.16. The third kappa shape index (κ3) is 5.48. The van der Waals surface area contributed by atoms with E-state index in [2.05, 4.69) is 4.72 Å². The fourth-order valence-electron chi connectivity index (χ4n) is 2.16. The number of hydrogen-bond acceptors (Lipinski definition) is 5. The Kier molecular flexibility index (Phi) is 6.46. The van der Waals surface area contributed by atoms with Gasteiger partial charge in [-0.2, -0.15) is 0 Å². The van der Waals surface area contributed by atoms with Gasteiger partial charge in [-0.15, -0.1) is 11.3 Å². The molecule has 0 atom stereocenters. The fourth-order valence-corrected chi connectivity index (χ4v) is 3.95. The monoisotopic (exact) mass is 380 g/mol. The number of ketones is 1. The average Bonchev–Trinajstić information content (AvgIpc) is 3.07. The largest absolute Gasteiger partial charge is 0.341 e. The molecule has 1 aromatic heterocycles. The molecule has 0 aliphatic carbocycles. The van der Waals surface area contributed by atoms with Gasteiger partial charge in [-0.3, -0.25) is 9.59 Å². The van der Waals surface area contributed by atoms with Crippen molar-refractivity contribution in [3.05, 3.63) is 52.2 Å². The van der Waals surface area contributed by atoms with E-state index in [0.717, 1.165) is 4.88 Å². The number of nitrogens with zero attached hydrogens (tertiary/aromatic N) is 1. The van der Waals surface area contributed by atoms with Crippen LogP contribution in [-0.4, -0.2) is 38.6 Å². The summed E-state index contributed by atoms with van der Waals surface area (Å²) >= 11 is 1.57. The number of amides is 1. The van der Waals surface area contributed by atoms with E-state index < -0.39 is 10.0 Å². The standard InChI is InChI=1S/C17H20N2O4S2/c1-13(20)14-5-7-16(8-6-14)25(22,23)18-10-9-17(21)19(2)12-15-4-3-11-24-15/h3-8,11,18H,9-10,12H2,1-2H3. The van der Waals surface area contributed by atoms with Crippen molar-refractivity contribution >= 4 is 33.1 Å². The lowest BCUT2D eigenvalue weighted by molar-refractivity contribution is -0.130. The number of nitrogens with one attached hydrogen (secondary N) is 1. The molecule has 0 radical (unpaired) electrons. The van der Waals surface area contributed by atoms with Gasteiger partial charge >= 0.3 is 0 Å². The molecular formula is C17H20N2O4S2. The highest BCUT2D eigenvalue weighted by Gasteiger charge is 2.16. The predicted octanol–water partition coefficient (Wildman–Crippen LogP) is 2.28. The highest BCUT2D eigenvalue weighted by molar-refractivity contribution is 7.89. The van der Waals surface area contributed by atoms with Gasteiger partial charge in [-0.25, -0.2) is 13.1 Å². The van der Waals surface area contributed by atoms with Crippen molar-refractivity contribution in [3.63, 3.8) is 0 Å². The third-order valence-corrected chi connectivity index (χ3v) is 5.94. The molecule has 0 spiro atoms. The quantitative estimate of drug-likeness (QED) is 0.712. The van der Waals surface area contributed by atoms with Crippen molar-refractivity contribution in [2.75, 3.05) is 13.6 Å². The van der Waals surface area contributed by atoms with Gasteiger partial charge in [0.1, 0.15) is 0 Å². The maximum absolute atomic E-state index is 12.2. The van der Waals surface area contributed by atoms with Gasteiger partial charge in [0.05, 0.1) is 11.4 Å². The molecule has 0 bridgehead atoms. The Balaban J connectivity index is 1.86. The van der Waals surface area contributed by atoms with Crippen LogP contribution in [0.3, 0.4) is 0 Å². The number of sulfonamides is 1. The molecule has 2 rings (SSSR count). The summed E-state index contributed by atoms with van der Waals surface area (Å²) in [4.78, 5) is 26.0. The minimum atomic E-state index is -3.70. The van der Waals surface area contributed by atoms with Crippen LogP contribution < -0.4 is 4.72 Å². The molecule has 25 heavy (non-hydrogen) atoms. The van der Waals surface area contributed by atoms with E-state index in [0.29, 0.717) is 12.1 Å². The Morgan fingerprint density at radius 2 is 1.84 bits per heavy atom. The van der Waals surface area contributed by atoms with Crippen LogP contribution >= 0.6 is 11.3 Å². The second-order valence-electron chi connectivity index (χ2n) is 5.56. The summed E-state index contributed by atoms with van der Waals surface area (Å²) in [6.07, 6.45) is 0.0760. The first kappa shape index (κ1) is 19.3. The molecule has 2 aromatic rings. The molecule has 0 aliphatic heterocycles. The second kappa shape index (κ2) is 8.37. The van der Waals surface area contributed by atoms with Crippen LogP contribution in [0.4, 0.5) is 0 Å². The maximum Gasteiger partial charge on any atom is 0.240 e. The van der Waals surface area contributed by atoms with E-state index in [9.17, 15) is 18.0 Å². The topological polar surface area (TPSA) is 83.5 Å². The highest BCUT2D eigenvalue weighted by Crippen LogP contribution is 2.12. The molecule has 1 amide bonds.